The number of nitrogen functional groups attached to an aromatic ring is 1. The molecule has 4 rings (SSSR count). The monoisotopic (exact) mass is 360 g/mol. The number of rotatable bonds is 4. The first-order chi connectivity index (χ1) is 12.7. The molecule has 0 saturated carbocycles. The average molecular weight is 360 g/mol. The molecule has 1 aromatic carbocycles. The van der Waals surface area contributed by atoms with Crippen molar-refractivity contribution >= 4 is 33.1 Å². The van der Waals surface area contributed by atoms with Crippen LogP contribution in [0, 0.1) is 6.92 Å². The summed E-state index contributed by atoms with van der Waals surface area (Å²) in [6.45, 7) is 2.53. The molecule has 0 unspecified atom stereocenters. The van der Waals surface area contributed by atoms with Gasteiger partial charge in [-0.2, -0.15) is 5.11 Å². The third-order valence-electron chi connectivity index (χ3n) is 4.00. The van der Waals surface area contributed by atoms with Gasteiger partial charge in [0.15, 0.2) is 5.82 Å². The molecule has 3 aromatic heterocycles. The van der Waals surface area contributed by atoms with E-state index in [2.05, 4.69) is 32.1 Å². The van der Waals surface area contributed by atoms with Crippen LogP contribution < -0.4 is 5.73 Å². The predicted molar refractivity (Wildman–Crippen MR) is 104 cm³/mol. The molecule has 0 fully saturated rings. The maximum atomic E-state index is 5.79. The third-order valence-corrected chi connectivity index (χ3v) is 5.33. The topological polar surface area (TPSA) is 89.4 Å². The fraction of sp³-hybridized carbons (Fsp3) is 0.105. The number of thiophene rings is 1. The molecule has 0 aliphatic rings. The molecule has 0 aliphatic carbocycles. The molecule has 0 saturated heterocycles. The van der Waals surface area contributed by atoms with Crippen LogP contribution in [-0.4, -0.2) is 15.0 Å². The molecule has 128 valence electrons. The van der Waals surface area contributed by atoms with Crippen LogP contribution in [0.3, 0.4) is 0 Å². The number of nitrogens with zero attached hydrogens (tertiary/aromatic N) is 5. The van der Waals surface area contributed by atoms with Crippen LogP contribution in [0.5, 0.6) is 0 Å². The lowest BCUT2D eigenvalue weighted by Crippen LogP contribution is -1.84. The highest BCUT2D eigenvalue weighted by Gasteiger charge is 2.15. The Bertz CT molecular complexity index is 1070. The normalized spacial score (nSPS) is 11.4. The second-order valence-electron chi connectivity index (χ2n) is 5.81. The lowest BCUT2D eigenvalue weighted by atomic mass is 10.1. The van der Waals surface area contributed by atoms with E-state index in [-0.39, 0.29) is 0 Å². The molecule has 4 aromatic rings. The van der Waals surface area contributed by atoms with Gasteiger partial charge in [-0.3, -0.25) is 4.98 Å². The molecule has 3 heterocycles. The van der Waals surface area contributed by atoms with Crippen molar-refractivity contribution in [2.24, 2.45) is 10.2 Å². The molecule has 0 radical (unpaired) electrons. The van der Waals surface area contributed by atoms with Crippen molar-refractivity contribution in [3.63, 3.8) is 0 Å². The van der Waals surface area contributed by atoms with Gasteiger partial charge in [0.25, 0.3) is 0 Å². The first kappa shape index (κ1) is 16.3. The summed E-state index contributed by atoms with van der Waals surface area (Å²) < 4.78 is 0.937. The second-order valence-corrected chi connectivity index (χ2v) is 6.83. The number of benzene rings is 1. The van der Waals surface area contributed by atoms with Crippen molar-refractivity contribution in [2.45, 2.75) is 13.5 Å². The lowest BCUT2D eigenvalue weighted by Gasteiger charge is -2.00. The summed E-state index contributed by atoms with van der Waals surface area (Å²) in [5, 5.41) is 8.60. The number of aromatic nitrogens is 3. The number of hydrogen-bond acceptors (Lipinski definition) is 7. The lowest BCUT2D eigenvalue weighted by molar-refractivity contribution is 0.939. The first-order valence-corrected chi connectivity index (χ1v) is 8.90. The van der Waals surface area contributed by atoms with Gasteiger partial charge in [-0.25, -0.2) is 9.97 Å². The smallest absolute Gasteiger partial charge is 0.195 e. The van der Waals surface area contributed by atoms with Crippen LogP contribution in [-0.2, 0) is 6.54 Å². The van der Waals surface area contributed by atoms with E-state index in [4.69, 9.17) is 5.73 Å². The standard InChI is InChI=1S/C19H16N6S/c1-12-16-18(26-17(12)14-4-6-15(20)7-5-14)19(23-11-22-16)25-24-10-13-3-2-8-21-9-13/h2-9,11H,10,20H2,1H3. The summed E-state index contributed by atoms with van der Waals surface area (Å²) in [6, 6.07) is 11.7. The van der Waals surface area contributed by atoms with Crippen LogP contribution in [0.2, 0.25) is 0 Å². The van der Waals surface area contributed by atoms with Gasteiger partial charge in [0, 0.05) is 23.0 Å². The Hall–Kier alpha value is -3.19. The molecule has 0 aliphatic heterocycles. The number of hydrogen-bond donors (Lipinski definition) is 1. The highest BCUT2D eigenvalue weighted by Crippen LogP contribution is 2.40. The number of pyridine rings is 1. The van der Waals surface area contributed by atoms with Gasteiger partial charge in [0.1, 0.15) is 11.0 Å². The fourth-order valence-corrected chi connectivity index (χ4v) is 3.86. The van der Waals surface area contributed by atoms with E-state index in [0.717, 1.165) is 37.5 Å². The van der Waals surface area contributed by atoms with Crippen molar-refractivity contribution in [1.82, 2.24) is 15.0 Å². The van der Waals surface area contributed by atoms with E-state index in [1.807, 2.05) is 36.4 Å². The van der Waals surface area contributed by atoms with Crippen LogP contribution in [0.4, 0.5) is 11.5 Å². The summed E-state index contributed by atoms with van der Waals surface area (Å²) in [7, 11) is 0. The number of nitrogens with two attached hydrogens (primary N) is 1. The molecule has 2 N–H and O–H groups in total. The van der Waals surface area contributed by atoms with Crippen LogP contribution in [0.25, 0.3) is 20.7 Å². The summed E-state index contributed by atoms with van der Waals surface area (Å²) in [5.74, 6) is 0.591. The second kappa shape index (κ2) is 6.97. The summed E-state index contributed by atoms with van der Waals surface area (Å²) in [4.78, 5) is 14.0. The summed E-state index contributed by atoms with van der Waals surface area (Å²) in [6.07, 6.45) is 5.05. The van der Waals surface area contributed by atoms with Gasteiger partial charge in [0.05, 0.1) is 12.1 Å². The van der Waals surface area contributed by atoms with Crippen LogP contribution in [0.1, 0.15) is 11.1 Å². The van der Waals surface area contributed by atoms with Crippen molar-refractivity contribution < 1.29 is 0 Å². The van der Waals surface area contributed by atoms with Gasteiger partial charge in [-0.1, -0.05) is 18.2 Å². The first-order valence-electron chi connectivity index (χ1n) is 8.09. The molecule has 6 nitrogen and oxygen atoms in total. The van der Waals surface area contributed by atoms with Gasteiger partial charge in [-0.05, 0) is 41.8 Å². The minimum absolute atomic E-state index is 0.467. The quantitative estimate of drug-likeness (QED) is 0.413. The molecular weight excluding hydrogens is 344 g/mol. The fourth-order valence-electron chi connectivity index (χ4n) is 2.67. The largest absolute Gasteiger partial charge is 0.399 e. The minimum atomic E-state index is 0.467. The number of azo groups is 1. The van der Waals surface area contributed by atoms with Crippen molar-refractivity contribution in [3.8, 4) is 10.4 Å². The van der Waals surface area contributed by atoms with Gasteiger partial charge < -0.3 is 5.73 Å². The zero-order valence-electron chi connectivity index (χ0n) is 14.1. The highest BCUT2D eigenvalue weighted by molar-refractivity contribution is 7.23. The molecule has 0 spiro atoms. The molecular formula is C19H16N6S. The SMILES string of the molecule is Cc1c(-c2ccc(N)cc2)sc2c(N=NCc3cccnc3)ncnc12. The van der Waals surface area contributed by atoms with Crippen molar-refractivity contribution in [2.75, 3.05) is 5.73 Å². The Morgan fingerprint density at radius 1 is 1.12 bits per heavy atom. The Labute approximate surface area is 154 Å². The van der Waals surface area contributed by atoms with E-state index in [1.165, 1.54) is 6.33 Å². The molecule has 0 amide bonds. The number of anilines is 1. The predicted octanol–water partition coefficient (Wildman–Crippen LogP) is 4.93. The Balaban J connectivity index is 1.70. The van der Waals surface area contributed by atoms with Crippen molar-refractivity contribution in [1.29, 1.82) is 0 Å². The molecule has 0 bridgehead atoms. The van der Waals surface area contributed by atoms with Gasteiger partial charge >= 0.3 is 0 Å². The van der Waals surface area contributed by atoms with Crippen LogP contribution in [0.15, 0.2) is 65.3 Å². The summed E-state index contributed by atoms with van der Waals surface area (Å²) in [5.41, 5.74) is 10.7. The average Bonchev–Trinajstić information content (AvgIpc) is 3.01. The number of aryl methyl sites for hydroxylation is 1. The van der Waals surface area contributed by atoms with Crippen molar-refractivity contribution in [3.05, 3.63) is 66.2 Å². The molecule has 0 atom stereocenters. The Kier molecular flexibility index (Phi) is 4.37. The van der Waals surface area contributed by atoms with E-state index in [1.54, 1.807) is 23.7 Å². The molecule has 7 heteroatoms. The maximum Gasteiger partial charge on any atom is 0.195 e. The third kappa shape index (κ3) is 3.16. The van der Waals surface area contributed by atoms with E-state index in [0.29, 0.717) is 12.4 Å². The van der Waals surface area contributed by atoms with E-state index >= 15 is 0 Å². The Morgan fingerprint density at radius 3 is 2.73 bits per heavy atom. The summed E-state index contributed by atoms with van der Waals surface area (Å²) >= 11 is 1.62. The van der Waals surface area contributed by atoms with Gasteiger partial charge in [-0.15, -0.1) is 16.5 Å². The van der Waals surface area contributed by atoms with Crippen LogP contribution >= 0.6 is 11.3 Å². The van der Waals surface area contributed by atoms with E-state index < -0.39 is 0 Å². The number of fused-ring (bicyclic) bond motifs is 1. The highest BCUT2D eigenvalue weighted by atomic mass is 32.1. The zero-order valence-corrected chi connectivity index (χ0v) is 14.9. The molecule has 26 heavy (non-hydrogen) atoms. The Morgan fingerprint density at radius 2 is 1.96 bits per heavy atom. The van der Waals surface area contributed by atoms with Gasteiger partial charge in [0.2, 0.25) is 0 Å². The zero-order chi connectivity index (χ0) is 17.9. The van der Waals surface area contributed by atoms with E-state index in [9.17, 15) is 0 Å². The maximum absolute atomic E-state index is 5.79. The minimum Gasteiger partial charge on any atom is -0.399 e.